The van der Waals surface area contributed by atoms with Crippen molar-refractivity contribution >= 4 is 17.5 Å². The van der Waals surface area contributed by atoms with Gasteiger partial charge in [0.15, 0.2) is 0 Å². The van der Waals surface area contributed by atoms with Crippen molar-refractivity contribution in [3.63, 3.8) is 0 Å². The number of carbonyl (C=O) groups excluding carboxylic acids is 3. The van der Waals surface area contributed by atoms with Crippen LogP contribution < -0.4 is 5.32 Å². The van der Waals surface area contributed by atoms with Gasteiger partial charge < -0.3 is 15.5 Å². The Morgan fingerprint density at radius 1 is 1.38 bits per heavy atom. The quantitative estimate of drug-likeness (QED) is 0.476. The lowest BCUT2D eigenvalue weighted by atomic mass is 9.72. The van der Waals surface area contributed by atoms with Crippen molar-refractivity contribution in [3.05, 3.63) is 0 Å². The van der Waals surface area contributed by atoms with Crippen LogP contribution in [-0.4, -0.2) is 46.4 Å². The van der Waals surface area contributed by atoms with Crippen LogP contribution in [0.1, 0.15) is 33.6 Å². The maximum absolute atomic E-state index is 12.7. The molecular formula is C15H23NO5. The van der Waals surface area contributed by atoms with E-state index < -0.39 is 41.6 Å². The molecule has 0 spiro atoms. The Morgan fingerprint density at radius 2 is 1.95 bits per heavy atom. The van der Waals surface area contributed by atoms with E-state index in [4.69, 9.17) is 0 Å². The highest BCUT2D eigenvalue weighted by molar-refractivity contribution is 6.47. The van der Waals surface area contributed by atoms with Gasteiger partial charge >= 0.3 is 0 Å². The van der Waals surface area contributed by atoms with Gasteiger partial charge in [-0.05, 0) is 31.6 Å². The van der Waals surface area contributed by atoms with E-state index in [1.54, 1.807) is 0 Å². The zero-order valence-electron chi connectivity index (χ0n) is 12.7. The molecule has 6 heteroatoms. The second-order valence-corrected chi connectivity index (χ2v) is 6.91. The summed E-state index contributed by atoms with van der Waals surface area (Å²) in [5.41, 5.74) is -2.51. The molecule has 2 aliphatic carbocycles. The number of carbonyl (C=O) groups is 3. The third-order valence-corrected chi connectivity index (χ3v) is 5.05. The van der Waals surface area contributed by atoms with E-state index in [0.29, 0.717) is 12.8 Å². The summed E-state index contributed by atoms with van der Waals surface area (Å²) in [6.45, 7) is 4.44. The molecule has 0 heterocycles. The number of aliphatic hydroxyl groups is 2. The topological polar surface area (TPSA) is 104 Å². The minimum absolute atomic E-state index is 0.0353. The minimum atomic E-state index is -1.32. The van der Waals surface area contributed by atoms with Crippen LogP contribution in [0.5, 0.6) is 0 Å². The van der Waals surface area contributed by atoms with Gasteiger partial charge in [-0.2, -0.15) is 0 Å². The lowest BCUT2D eigenvalue weighted by molar-refractivity contribution is -0.149. The smallest absolute Gasteiger partial charge is 0.235 e. The van der Waals surface area contributed by atoms with E-state index >= 15 is 0 Å². The third kappa shape index (κ3) is 2.12. The van der Waals surface area contributed by atoms with Gasteiger partial charge in [0.25, 0.3) is 0 Å². The van der Waals surface area contributed by atoms with Crippen LogP contribution in [0.15, 0.2) is 0 Å². The molecule has 2 bridgehead atoms. The monoisotopic (exact) mass is 297 g/mol. The second-order valence-electron chi connectivity index (χ2n) is 6.91. The molecule has 0 aromatic rings. The molecular weight excluding hydrogens is 274 g/mol. The number of fused-ring (bicyclic) bond motifs is 2. The number of hydrogen-bond acceptors (Lipinski definition) is 5. The van der Waals surface area contributed by atoms with Crippen molar-refractivity contribution in [3.8, 4) is 0 Å². The van der Waals surface area contributed by atoms with Gasteiger partial charge in [0.05, 0.1) is 18.8 Å². The number of nitrogens with one attached hydrogen (secondary N) is 1. The number of aliphatic hydroxyl groups excluding tert-OH is 2. The van der Waals surface area contributed by atoms with Crippen LogP contribution in [0.2, 0.25) is 0 Å². The molecule has 0 aromatic carbocycles. The first kappa shape index (κ1) is 16.1. The van der Waals surface area contributed by atoms with E-state index in [1.807, 2.05) is 13.8 Å². The Bertz CT molecular complexity index is 482. The summed E-state index contributed by atoms with van der Waals surface area (Å²) in [5.74, 6) is -2.20. The van der Waals surface area contributed by atoms with Gasteiger partial charge in [0, 0.05) is 5.92 Å². The maximum Gasteiger partial charge on any atom is 0.235 e. The first-order chi connectivity index (χ1) is 9.73. The maximum atomic E-state index is 12.7. The van der Waals surface area contributed by atoms with Crippen molar-refractivity contribution in [2.75, 3.05) is 13.2 Å². The van der Waals surface area contributed by atoms with Gasteiger partial charge in [0.2, 0.25) is 17.5 Å². The standard InChI is InChI=1S/C15H23NO5/c1-8(2)10-9-4-5-15(10,12(20)11(9)19)13(21)16-14(3,6-17)7-18/h8-10,17-18H,4-7H2,1-3H3,(H,16,21). The molecule has 2 aliphatic rings. The van der Waals surface area contributed by atoms with Crippen molar-refractivity contribution in [1.29, 1.82) is 0 Å². The van der Waals surface area contributed by atoms with Crippen LogP contribution in [0.4, 0.5) is 0 Å². The highest BCUT2D eigenvalue weighted by Gasteiger charge is 2.69. The molecule has 2 rings (SSSR count). The molecule has 0 aliphatic heterocycles. The molecule has 3 unspecified atom stereocenters. The molecule has 3 N–H and O–H groups in total. The highest BCUT2D eigenvalue weighted by Crippen LogP contribution is 2.57. The molecule has 21 heavy (non-hydrogen) atoms. The van der Waals surface area contributed by atoms with E-state index in [0.717, 1.165) is 0 Å². The largest absolute Gasteiger partial charge is 0.394 e. The van der Waals surface area contributed by atoms with Gasteiger partial charge in [-0.15, -0.1) is 0 Å². The fourth-order valence-electron chi connectivity index (χ4n) is 3.94. The Labute approximate surface area is 123 Å². The highest BCUT2D eigenvalue weighted by atomic mass is 16.3. The molecule has 0 aromatic heterocycles. The van der Waals surface area contributed by atoms with Crippen molar-refractivity contribution < 1.29 is 24.6 Å². The van der Waals surface area contributed by atoms with Gasteiger partial charge in [-0.3, -0.25) is 14.4 Å². The Hall–Kier alpha value is -1.27. The summed E-state index contributed by atoms with van der Waals surface area (Å²) < 4.78 is 0. The van der Waals surface area contributed by atoms with E-state index in [-0.39, 0.29) is 17.8 Å². The van der Waals surface area contributed by atoms with E-state index in [1.165, 1.54) is 6.92 Å². The summed E-state index contributed by atoms with van der Waals surface area (Å²) in [4.78, 5) is 37.2. The lowest BCUT2D eigenvalue weighted by Crippen LogP contribution is -2.58. The predicted octanol–water partition coefficient (Wildman–Crippen LogP) is -0.334. The minimum Gasteiger partial charge on any atom is -0.394 e. The summed E-state index contributed by atoms with van der Waals surface area (Å²) in [6.07, 6.45) is 0.916. The molecule has 2 fully saturated rings. The van der Waals surface area contributed by atoms with Crippen LogP contribution in [0.3, 0.4) is 0 Å². The van der Waals surface area contributed by atoms with E-state index in [9.17, 15) is 24.6 Å². The molecule has 2 saturated carbocycles. The average molecular weight is 297 g/mol. The zero-order valence-corrected chi connectivity index (χ0v) is 12.7. The van der Waals surface area contributed by atoms with Gasteiger partial charge in [0.1, 0.15) is 5.41 Å². The molecule has 0 radical (unpaired) electrons. The number of hydrogen-bond donors (Lipinski definition) is 3. The Kier molecular flexibility index (Phi) is 3.97. The number of amides is 1. The van der Waals surface area contributed by atoms with Crippen LogP contribution >= 0.6 is 0 Å². The van der Waals surface area contributed by atoms with Gasteiger partial charge in [-0.1, -0.05) is 13.8 Å². The van der Waals surface area contributed by atoms with E-state index in [2.05, 4.69) is 5.32 Å². The summed E-state index contributed by atoms with van der Waals surface area (Å²) in [7, 11) is 0. The molecule has 118 valence electrons. The fraction of sp³-hybridized carbons (Fsp3) is 0.800. The fourth-order valence-corrected chi connectivity index (χ4v) is 3.94. The lowest BCUT2D eigenvalue weighted by Gasteiger charge is -2.35. The summed E-state index contributed by atoms with van der Waals surface area (Å²) in [6, 6.07) is 0. The van der Waals surface area contributed by atoms with Gasteiger partial charge in [-0.25, -0.2) is 0 Å². The average Bonchev–Trinajstić information content (AvgIpc) is 2.94. The molecule has 6 nitrogen and oxygen atoms in total. The summed E-state index contributed by atoms with van der Waals surface area (Å²) in [5, 5.41) is 21.2. The predicted molar refractivity (Wildman–Crippen MR) is 74.2 cm³/mol. The SMILES string of the molecule is CC(C)C1C2CCC1(C(=O)NC(C)(CO)CO)C(=O)C2=O. The van der Waals surface area contributed by atoms with Crippen LogP contribution in [-0.2, 0) is 14.4 Å². The second kappa shape index (κ2) is 5.18. The normalized spacial score (nSPS) is 32.1. The number of Topliss-reactive ketones (excluding diaryl/α,β-unsaturated/α-hetero) is 2. The summed E-state index contributed by atoms with van der Waals surface area (Å²) >= 11 is 0. The molecule has 0 saturated heterocycles. The number of rotatable bonds is 5. The zero-order chi connectivity index (χ0) is 16.0. The van der Waals surface area contributed by atoms with Crippen molar-refractivity contribution in [2.24, 2.45) is 23.2 Å². The van der Waals surface area contributed by atoms with Crippen molar-refractivity contribution in [2.45, 2.75) is 39.2 Å². The Balaban J connectivity index is 2.37. The molecule has 1 amide bonds. The Morgan fingerprint density at radius 3 is 2.43 bits per heavy atom. The first-order valence-electron chi connectivity index (χ1n) is 7.36. The first-order valence-corrected chi connectivity index (χ1v) is 7.36. The third-order valence-electron chi connectivity index (χ3n) is 5.05. The van der Waals surface area contributed by atoms with Crippen molar-refractivity contribution in [1.82, 2.24) is 5.32 Å². The number of ketones is 2. The molecule has 3 atom stereocenters. The van der Waals surface area contributed by atoms with Crippen LogP contribution in [0.25, 0.3) is 0 Å². The van der Waals surface area contributed by atoms with Crippen LogP contribution in [0, 0.1) is 23.2 Å².